The Hall–Kier alpha value is -0.120. The molecule has 3 unspecified atom stereocenters. The topological polar surface area (TPSA) is 34.3 Å². The number of ether oxygens (including phenoxy) is 3. The molecule has 3 atom stereocenters. The highest BCUT2D eigenvalue weighted by atomic mass is 16.7. The Labute approximate surface area is 104 Å². The number of hydrogen-bond acceptors (Lipinski definition) is 3. The second-order valence-corrected chi connectivity index (χ2v) is 6.25. The Bertz CT molecular complexity index is 283. The fourth-order valence-electron chi connectivity index (χ4n) is 3.33. The average molecular weight is 240 g/mol. The van der Waals surface area contributed by atoms with Crippen molar-refractivity contribution in [1.29, 1.82) is 0 Å². The summed E-state index contributed by atoms with van der Waals surface area (Å²) in [6, 6.07) is 0. The van der Waals surface area contributed by atoms with Gasteiger partial charge in [0.05, 0.1) is 19.8 Å². The fourth-order valence-corrected chi connectivity index (χ4v) is 3.33. The summed E-state index contributed by atoms with van der Waals surface area (Å²) in [5, 5.41) is 0. The zero-order chi connectivity index (χ0) is 11.9. The van der Waals surface area contributed by atoms with Gasteiger partial charge < -0.3 is 14.2 Å². The van der Waals surface area contributed by atoms with E-state index in [9.17, 15) is 0 Å². The summed E-state index contributed by atoms with van der Waals surface area (Å²) in [7, 11) is 0. The van der Waals surface area contributed by atoms with Crippen LogP contribution in [0.25, 0.3) is 0 Å². The third-order valence-electron chi connectivity index (χ3n) is 4.91. The Morgan fingerprint density at radius 1 is 1.18 bits per heavy atom. The van der Waals surface area contributed by atoms with Crippen LogP contribution in [0.5, 0.6) is 0 Å². The van der Waals surface area contributed by atoms with E-state index >= 15 is 0 Å². The molecule has 0 spiro atoms. The van der Waals surface area contributed by atoms with Crippen molar-refractivity contribution in [3.8, 4) is 0 Å². The molecule has 0 amide bonds. The fraction of sp³-hybridized carbons (Fsp3) is 1.00. The van der Waals surface area contributed by atoms with Crippen molar-refractivity contribution in [1.82, 2.24) is 0 Å². The Balaban J connectivity index is 1.50. The maximum absolute atomic E-state index is 6.07. The molecule has 0 aromatic heterocycles. The smallest absolute Gasteiger partial charge is 0.118 e. The van der Waals surface area contributed by atoms with Gasteiger partial charge in [0.15, 0.2) is 0 Å². The van der Waals surface area contributed by atoms with Crippen molar-refractivity contribution in [3.63, 3.8) is 0 Å². The zero-order valence-corrected chi connectivity index (χ0v) is 11.0. The van der Waals surface area contributed by atoms with Gasteiger partial charge in [0, 0.05) is 0 Å². The van der Waals surface area contributed by atoms with Crippen LogP contribution in [0.1, 0.15) is 46.0 Å². The van der Waals surface area contributed by atoms with E-state index < -0.39 is 0 Å². The summed E-state index contributed by atoms with van der Waals surface area (Å²) < 4.78 is 16.9. The lowest BCUT2D eigenvalue weighted by atomic mass is 9.75. The molecule has 0 radical (unpaired) electrons. The average Bonchev–Trinajstić information content (AvgIpc) is 3.21. The van der Waals surface area contributed by atoms with E-state index in [4.69, 9.17) is 14.2 Å². The summed E-state index contributed by atoms with van der Waals surface area (Å²) in [6.07, 6.45) is 7.17. The van der Waals surface area contributed by atoms with Gasteiger partial charge in [-0.1, -0.05) is 19.3 Å². The van der Waals surface area contributed by atoms with Crippen LogP contribution in [-0.2, 0) is 14.2 Å². The summed E-state index contributed by atoms with van der Waals surface area (Å²) in [4.78, 5) is 0. The normalized spacial score (nSPS) is 45.9. The second-order valence-electron chi connectivity index (χ2n) is 6.25. The van der Waals surface area contributed by atoms with Crippen LogP contribution in [0.15, 0.2) is 0 Å². The number of epoxide rings is 2. The Morgan fingerprint density at radius 2 is 1.88 bits per heavy atom. The molecule has 3 aliphatic rings. The van der Waals surface area contributed by atoms with E-state index in [-0.39, 0.29) is 11.2 Å². The lowest BCUT2D eigenvalue weighted by Crippen LogP contribution is -2.34. The van der Waals surface area contributed by atoms with Crippen molar-refractivity contribution >= 4 is 0 Å². The number of hydrogen-bond donors (Lipinski definition) is 0. The molecule has 17 heavy (non-hydrogen) atoms. The highest BCUT2D eigenvalue weighted by Crippen LogP contribution is 2.56. The van der Waals surface area contributed by atoms with E-state index in [2.05, 4.69) is 13.8 Å². The molecular formula is C14H24O3. The molecule has 3 nitrogen and oxygen atoms in total. The van der Waals surface area contributed by atoms with E-state index in [1.807, 2.05) is 0 Å². The van der Waals surface area contributed by atoms with Gasteiger partial charge in [-0.05, 0) is 32.6 Å². The molecule has 2 heterocycles. The number of rotatable bonds is 5. The van der Waals surface area contributed by atoms with Gasteiger partial charge >= 0.3 is 0 Å². The SMILES string of the molecule is CC1(COCC2CO2)OC1(C)C1CCCCC1. The lowest BCUT2D eigenvalue weighted by molar-refractivity contribution is 0.0742. The van der Waals surface area contributed by atoms with Crippen LogP contribution in [0.3, 0.4) is 0 Å². The van der Waals surface area contributed by atoms with Crippen molar-refractivity contribution in [2.75, 3.05) is 19.8 Å². The molecule has 2 saturated heterocycles. The highest BCUT2D eigenvalue weighted by Gasteiger charge is 2.66. The first kappa shape index (κ1) is 11.9. The standard InChI is InChI=1S/C14H24O3/c1-13(10-15-8-12-9-16-12)14(2,17-13)11-6-4-3-5-7-11/h11-12H,3-10H2,1-2H3. The third kappa shape index (κ3) is 2.25. The van der Waals surface area contributed by atoms with Crippen molar-refractivity contribution in [2.45, 2.75) is 63.3 Å². The largest absolute Gasteiger partial charge is 0.376 e. The first-order chi connectivity index (χ1) is 8.14. The third-order valence-corrected chi connectivity index (χ3v) is 4.91. The molecule has 3 fully saturated rings. The monoisotopic (exact) mass is 240 g/mol. The summed E-state index contributed by atoms with van der Waals surface area (Å²) in [5.74, 6) is 0.738. The predicted molar refractivity (Wildman–Crippen MR) is 65.0 cm³/mol. The molecule has 98 valence electrons. The van der Waals surface area contributed by atoms with Crippen LogP contribution < -0.4 is 0 Å². The highest BCUT2D eigenvalue weighted by molar-refractivity contribution is 5.14. The van der Waals surface area contributed by atoms with Crippen molar-refractivity contribution < 1.29 is 14.2 Å². The molecular weight excluding hydrogens is 216 g/mol. The molecule has 0 aromatic rings. The minimum Gasteiger partial charge on any atom is -0.376 e. The summed E-state index contributed by atoms with van der Waals surface area (Å²) >= 11 is 0. The van der Waals surface area contributed by atoms with Gasteiger partial charge in [-0.15, -0.1) is 0 Å². The predicted octanol–water partition coefficient (Wildman–Crippen LogP) is 2.53. The first-order valence-corrected chi connectivity index (χ1v) is 7.04. The molecule has 1 saturated carbocycles. The van der Waals surface area contributed by atoms with Crippen LogP contribution >= 0.6 is 0 Å². The molecule has 3 rings (SSSR count). The van der Waals surface area contributed by atoms with Gasteiger partial charge in [-0.3, -0.25) is 0 Å². The maximum Gasteiger partial charge on any atom is 0.118 e. The van der Waals surface area contributed by atoms with Gasteiger partial charge in [0.1, 0.15) is 17.3 Å². The van der Waals surface area contributed by atoms with E-state index in [0.717, 1.165) is 25.7 Å². The van der Waals surface area contributed by atoms with Crippen LogP contribution in [-0.4, -0.2) is 37.1 Å². The lowest BCUT2D eigenvalue weighted by Gasteiger charge is -2.27. The molecule has 0 N–H and O–H groups in total. The van der Waals surface area contributed by atoms with E-state index in [1.54, 1.807) is 0 Å². The van der Waals surface area contributed by atoms with Gasteiger partial charge in [0.25, 0.3) is 0 Å². The maximum atomic E-state index is 6.07. The van der Waals surface area contributed by atoms with Gasteiger partial charge in [-0.25, -0.2) is 0 Å². The second kappa shape index (κ2) is 4.22. The summed E-state index contributed by atoms with van der Waals surface area (Å²) in [5.41, 5.74) is 0.0156. The first-order valence-electron chi connectivity index (χ1n) is 7.04. The molecule has 0 bridgehead atoms. The zero-order valence-electron chi connectivity index (χ0n) is 11.0. The Morgan fingerprint density at radius 3 is 2.53 bits per heavy atom. The van der Waals surface area contributed by atoms with Crippen LogP contribution in [0.4, 0.5) is 0 Å². The Kier molecular flexibility index (Phi) is 2.96. The van der Waals surface area contributed by atoms with Crippen LogP contribution in [0.2, 0.25) is 0 Å². The minimum absolute atomic E-state index is 0.0517. The van der Waals surface area contributed by atoms with Crippen molar-refractivity contribution in [3.05, 3.63) is 0 Å². The van der Waals surface area contributed by atoms with Crippen LogP contribution in [0, 0.1) is 5.92 Å². The van der Waals surface area contributed by atoms with Gasteiger partial charge in [0.2, 0.25) is 0 Å². The minimum atomic E-state index is -0.0517. The van der Waals surface area contributed by atoms with Crippen molar-refractivity contribution in [2.24, 2.45) is 5.92 Å². The quantitative estimate of drug-likeness (QED) is 0.693. The summed E-state index contributed by atoms with van der Waals surface area (Å²) in [6.45, 7) is 6.81. The van der Waals surface area contributed by atoms with Gasteiger partial charge in [-0.2, -0.15) is 0 Å². The molecule has 1 aliphatic carbocycles. The van der Waals surface area contributed by atoms with E-state index in [0.29, 0.717) is 6.10 Å². The molecule has 2 aliphatic heterocycles. The molecule has 3 heteroatoms. The van der Waals surface area contributed by atoms with E-state index in [1.165, 1.54) is 32.1 Å². The molecule has 0 aromatic carbocycles.